The van der Waals surface area contributed by atoms with Gasteiger partial charge in [-0.25, -0.2) is 0 Å². The number of ether oxygens (including phenoxy) is 2. The van der Waals surface area contributed by atoms with Gasteiger partial charge in [0.25, 0.3) is 0 Å². The van der Waals surface area contributed by atoms with Crippen molar-refractivity contribution in [2.75, 3.05) is 32.2 Å². The molecule has 0 unspecified atom stereocenters. The average Bonchev–Trinajstić information content (AvgIpc) is 2.34. The number of rotatable bonds is 6. The molecule has 1 N–H and O–H groups in total. The van der Waals surface area contributed by atoms with Gasteiger partial charge in [-0.3, -0.25) is 4.79 Å². The van der Waals surface area contributed by atoms with Crippen LogP contribution in [0.4, 0.5) is 5.69 Å². The number of benzene rings is 1. The number of carboxylic acid groups (broad SMARTS) is 1. The van der Waals surface area contributed by atoms with Crippen molar-refractivity contribution in [3.05, 3.63) is 18.2 Å². The van der Waals surface area contributed by atoms with E-state index in [9.17, 15) is 4.79 Å². The lowest BCUT2D eigenvalue weighted by atomic mass is 10.2. The zero-order valence-corrected chi connectivity index (χ0v) is 10.3. The van der Waals surface area contributed by atoms with Crippen LogP contribution in [0.25, 0.3) is 0 Å². The van der Waals surface area contributed by atoms with E-state index in [2.05, 4.69) is 0 Å². The summed E-state index contributed by atoms with van der Waals surface area (Å²) in [6.45, 7) is 2.40. The summed E-state index contributed by atoms with van der Waals surface area (Å²) in [5, 5.41) is 8.85. The van der Waals surface area contributed by atoms with Gasteiger partial charge in [-0.05, 0) is 19.1 Å². The molecule has 0 aliphatic rings. The molecule has 1 aromatic rings. The topological polar surface area (TPSA) is 59.0 Å². The molecule has 0 aliphatic heterocycles. The van der Waals surface area contributed by atoms with Crippen LogP contribution < -0.4 is 14.4 Å². The molecule has 0 heterocycles. The lowest BCUT2D eigenvalue weighted by Gasteiger charge is -2.23. The molecule has 0 saturated carbocycles. The van der Waals surface area contributed by atoms with Crippen molar-refractivity contribution < 1.29 is 19.4 Å². The Labute approximate surface area is 101 Å². The van der Waals surface area contributed by atoms with Crippen molar-refractivity contribution in [2.24, 2.45) is 0 Å². The molecule has 0 atom stereocenters. The van der Waals surface area contributed by atoms with E-state index in [0.29, 0.717) is 18.0 Å². The number of anilines is 1. The average molecular weight is 239 g/mol. The Bertz CT molecular complexity index is 392. The van der Waals surface area contributed by atoms with Crippen LogP contribution in [0.2, 0.25) is 0 Å². The third kappa shape index (κ3) is 3.27. The molecule has 1 aromatic carbocycles. The second-order valence-corrected chi connectivity index (χ2v) is 3.45. The Morgan fingerprint density at radius 3 is 2.53 bits per heavy atom. The lowest BCUT2D eigenvalue weighted by Crippen LogP contribution is -2.29. The van der Waals surface area contributed by atoms with Crippen LogP contribution in [0, 0.1) is 0 Å². The Balaban J connectivity index is 3.09. The van der Waals surface area contributed by atoms with E-state index in [-0.39, 0.29) is 6.54 Å². The first kappa shape index (κ1) is 13.2. The number of carbonyl (C=O) groups is 1. The number of methoxy groups -OCH3 is 2. The molecule has 0 bridgehead atoms. The van der Waals surface area contributed by atoms with E-state index in [1.807, 2.05) is 6.92 Å². The molecule has 1 rings (SSSR count). The number of hydrogen-bond donors (Lipinski definition) is 1. The predicted molar refractivity (Wildman–Crippen MR) is 65.1 cm³/mol. The number of nitrogens with zero attached hydrogens (tertiary/aromatic N) is 1. The molecule has 5 heteroatoms. The van der Waals surface area contributed by atoms with Crippen molar-refractivity contribution in [3.8, 4) is 11.5 Å². The van der Waals surface area contributed by atoms with Gasteiger partial charge < -0.3 is 19.5 Å². The largest absolute Gasteiger partial charge is 0.497 e. The fraction of sp³-hybridized carbons (Fsp3) is 0.417. The molecule has 5 nitrogen and oxygen atoms in total. The van der Waals surface area contributed by atoms with Crippen LogP contribution in [0.3, 0.4) is 0 Å². The van der Waals surface area contributed by atoms with Crippen LogP contribution in [0.1, 0.15) is 6.92 Å². The van der Waals surface area contributed by atoms with E-state index in [1.165, 1.54) is 0 Å². The summed E-state index contributed by atoms with van der Waals surface area (Å²) >= 11 is 0. The Morgan fingerprint density at radius 2 is 2.06 bits per heavy atom. The first-order chi connectivity index (χ1) is 8.12. The van der Waals surface area contributed by atoms with E-state index >= 15 is 0 Å². The summed E-state index contributed by atoms with van der Waals surface area (Å²) in [5.41, 5.74) is 0.719. The third-order valence-electron chi connectivity index (χ3n) is 2.43. The smallest absolute Gasteiger partial charge is 0.323 e. The van der Waals surface area contributed by atoms with E-state index in [4.69, 9.17) is 14.6 Å². The molecule has 0 fully saturated rings. The SMILES string of the molecule is CCN(CC(=O)O)c1cc(OC)ccc1OC. The number of aliphatic carboxylic acids is 1. The van der Waals surface area contributed by atoms with Gasteiger partial charge in [-0.1, -0.05) is 0 Å². The maximum atomic E-state index is 10.8. The first-order valence-corrected chi connectivity index (χ1v) is 5.31. The Kier molecular flexibility index (Phi) is 4.63. The highest BCUT2D eigenvalue weighted by atomic mass is 16.5. The predicted octanol–water partition coefficient (Wildman–Crippen LogP) is 1.61. The molecule has 0 radical (unpaired) electrons. The Morgan fingerprint density at radius 1 is 1.35 bits per heavy atom. The molecule has 0 aliphatic carbocycles. The van der Waals surface area contributed by atoms with Gasteiger partial charge in [0.1, 0.15) is 18.0 Å². The molecular weight excluding hydrogens is 222 g/mol. The normalized spacial score (nSPS) is 9.82. The lowest BCUT2D eigenvalue weighted by molar-refractivity contribution is -0.135. The standard InChI is InChI=1S/C12H17NO4/c1-4-13(8-12(14)15)10-7-9(16-2)5-6-11(10)17-3/h5-7H,4,8H2,1-3H3,(H,14,15). The van der Waals surface area contributed by atoms with Crippen LogP contribution >= 0.6 is 0 Å². The number of likely N-dealkylation sites (N-methyl/N-ethyl adjacent to an activating group) is 1. The minimum atomic E-state index is -0.878. The van der Waals surface area contributed by atoms with Gasteiger partial charge in [0, 0.05) is 12.6 Å². The quantitative estimate of drug-likeness (QED) is 0.817. The Hall–Kier alpha value is -1.91. The summed E-state index contributed by atoms with van der Waals surface area (Å²) in [4.78, 5) is 12.5. The number of hydrogen-bond acceptors (Lipinski definition) is 4. The molecule has 0 spiro atoms. The molecule has 17 heavy (non-hydrogen) atoms. The van der Waals surface area contributed by atoms with Gasteiger partial charge in [-0.15, -0.1) is 0 Å². The third-order valence-corrected chi connectivity index (χ3v) is 2.43. The fourth-order valence-electron chi connectivity index (χ4n) is 1.57. The molecule has 94 valence electrons. The second kappa shape index (κ2) is 5.98. The van der Waals surface area contributed by atoms with E-state index < -0.39 is 5.97 Å². The summed E-state index contributed by atoms with van der Waals surface area (Å²) < 4.78 is 10.3. The van der Waals surface area contributed by atoms with E-state index in [1.54, 1.807) is 37.3 Å². The van der Waals surface area contributed by atoms with Crippen LogP contribution in [-0.2, 0) is 4.79 Å². The van der Waals surface area contributed by atoms with Crippen molar-refractivity contribution in [1.82, 2.24) is 0 Å². The minimum absolute atomic E-state index is 0.0694. The minimum Gasteiger partial charge on any atom is -0.497 e. The second-order valence-electron chi connectivity index (χ2n) is 3.45. The zero-order valence-electron chi connectivity index (χ0n) is 10.3. The summed E-state index contributed by atoms with van der Waals surface area (Å²) in [7, 11) is 3.12. The summed E-state index contributed by atoms with van der Waals surface area (Å²) in [5.74, 6) is 0.426. The van der Waals surface area contributed by atoms with Gasteiger partial charge in [-0.2, -0.15) is 0 Å². The summed E-state index contributed by atoms with van der Waals surface area (Å²) in [6, 6.07) is 5.31. The van der Waals surface area contributed by atoms with E-state index in [0.717, 1.165) is 5.69 Å². The molecular formula is C12H17NO4. The van der Waals surface area contributed by atoms with Gasteiger partial charge in [0.2, 0.25) is 0 Å². The molecule has 0 amide bonds. The van der Waals surface area contributed by atoms with Gasteiger partial charge in [0.05, 0.1) is 19.9 Å². The van der Waals surface area contributed by atoms with Crippen molar-refractivity contribution in [3.63, 3.8) is 0 Å². The van der Waals surface area contributed by atoms with Crippen molar-refractivity contribution >= 4 is 11.7 Å². The highest BCUT2D eigenvalue weighted by Crippen LogP contribution is 2.31. The highest BCUT2D eigenvalue weighted by Gasteiger charge is 2.14. The van der Waals surface area contributed by atoms with Crippen LogP contribution in [0.15, 0.2) is 18.2 Å². The first-order valence-electron chi connectivity index (χ1n) is 5.31. The molecule has 0 aromatic heterocycles. The van der Waals surface area contributed by atoms with Crippen LogP contribution in [-0.4, -0.2) is 38.4 Å². The van der Waals surface area contributed by atoms with Crippen LogP contribution in [0.5, 0.6) is 11.5 Å². The maximum Gasteiger partial charge on any atom is 0.323 e. The van der Waals surface area contributed by atoms with Gasteiger partial charge >= 0.3 is 5.97 Å². The maximum absolute atomic E-state index is 10.8. The monoisotopic (exact) mass is 239 g/mol. The van der Waals surface area contributed by atoms with Gasteiger partial charge in [0.15, 0.2) is 0 Å². The van der Waals surface area contributed by atoms with Crippen molar-refractivity contribution in [2.45, 2.75) is 6.92 Å². The molecule has 0 saturated heterocycles. The number of carboxylic acids is 1. The highest BCUT2D eigenvalue weighted by molar-refractivity contribution is 5.75. The zero-order chi connectivity index (χ0) is 12.8. The van der Waals surface area contributed by atoms with Crippen molar-refractivity contribution in [1.29, 1.82) is 0 Å². The fourth-order valence-corrected chi connectivity index (χ4v) is 1.57. The summed E-state index contributed by atoms with van der Waals surface area (Å²) in [6.07, 6.45) is 0.